The maximum absolute atomic E-state index is 12.5. The van der Waals surface area contributed by atoms with Crippen LogP contribution >= 0.6 is 0 Å². The van der Waals surface area contributed by atoms with Gasteiger partial charge in [0.1, 0.15) is 0 Å². The van der Waals surface area contributed by atoms with Gasteiger partial charge < -0.3 is 49.1 Å². The van der Waals surface area contributed by atoms with Gasteiger partial charge in [-0.15, -0.1) is 0 Å². The minimum Gasteiger partial charge on any atom is -0.545 e. The molecule has 4 aromatic carbocycles. The number of carboxylic acid groups (broad SMARTS) is 4. The molecule has 4 aromatic rings. The second-order valence-corrected chi connectivity index (χ2v) is 11.2. The minimum absolute atomic E-state index is 0. The molecule has 0 unspecified atom stereocenters. The zero-order chi connectivity index (χ0) is 47.8. The van der Waals surface area contributed by atoms with Crippen LogP contribution in [0.1, 0.15) is 67.1 Å². The zero-order valence-corrected chi connectivity index (χ0v) is 33.5. The van der Waals surface area contributed by atoms with Crippen molar-refractivity contribution in [2.75, 3.05) is 26.4 Å². The van der Waals surface area contributed by atoms with Gasteiger partial charge in [0.2, 0.25) is 0 Å². The molecule has 0 bridgehead atoms. The molecule has 28 heteroatoms. The van der Waals surface area contributed by atoms with Crippen LogP contribution in [0.15, 0.2) is 24.3 Å². The van der Waals surface area contributed by atoms with E-state index < -0.39 is 139 Å². The van der Waals surface area contributed by atoms with E-state index in [9.17, 15) is 110 Å². The summed E-state index contributed by atoms with van der Waals surface area (Å²) >= 11 is 0. The minimum atomic E-state index is -2.31. The first-order valence-electron chi connectivity index (χ1n) is 16.1. The summed E-state index contributed by atoms with van der Waals surface area (Å²) in [6.07, 6.45) is 5.11. The molecule has 348 valence electrons. The Morgan fingerprint density at radius 2 is 0.438 bits per heavy atom. The first-order valence-corrected chi connectivity index (χ1v) is 16.1. The molecular weight excluding hydrogens is 1000 g/mol. The van der Waals surface area contributed by atoms with Crippen molar-refractivity contribution in [3.63, 3.8) is 0 Å². The first-order chi connectivity index (χ1) is 28.8. The summed E-state index contributed by atoms with van der Waals surface area (Å²) in [5.41, 5.74) is -6.95. The van der Waals surface area contributed by atoms with Crippen molar-refractivity contribution >= 4 is 23.9 Å². The number of hydrogen-bond donors (Lipinski definition) is 0. The van der Waals surface area contributed by atoms with E-state index in [-0.39, 0.29) is 59.0 Å². The van der Waals surface area contributed by atoms with Gasteiger partial charge >= 0.3 is 34.7 Å². The predicted molar refractivity (Wildman–Crippen MR) is 163 cm³/mol. The Bertz CT molecular complexity index is 1860. The third-order valence-corrected chi connectivity index (χ3v) is 6.92. The normalized spacial score (nSPS) is 12.0. The summed E-state index contributed by atoms with van der Waals surface area (Å²) in [5.74, 6) is -39.3. The van der Waals surface area contributed by atoms with Crippen molar-refractivity contribution in [3.05, 3.63) is 140 Å². The third-order valence-electron chi connectivity index (χ3n) is 6.92. The molecule has 6 rings (SSSR count). The van der Waals surface area contributed by atoms with Crippen LogP contribution in [0.5, 0.6) is 0 Å². The summed E-state index contributed by atoms with van der Waals surface area (Å²) in [5, 5.41) is 40.1. The number of halogens is 16. The van der Waals surface area contributed by atoms with Crippen molar-refractivity contribution in [2.24, 2.45) is 0 Å². The summed E-state index contributed by atoms with van der Waals surface area (Å²) in [7, 11) is 0. The molecule has 2 aliphatic heterocycles. The summed E-state index contributed by atoms with van der Waals surface area (Å²) in [4.78, 5) is 40.1. The summed E-state index contributed by atoms with van der Waals surface area (Å²) in [6.45, 7) is 4.00. The van der Waals surface area contributed by atoms with Crippen molar-refractivity contribution < 1.29 is 154 Å². The van der Waals surface area contributed by atoms with Crippen LogP contribution in [0, 0.1) is 93.1 Å². The Balaban J connectivity index is 0. The van der Waals surface area contributed by atoms with Crippen LogP contribution in [0.25, 0.3) is 0 Å². The molecule has 0 spiro atoms. The number of hydrogen-bond acceptors (Lipinski definition) is 10. The molecule has 0 radical (unpaired) electrons. The van der Waals surface area contributed by atoms with E-state index in [1.165, 1.54) is 25.7 Å². The van der Waals surface area contributed by atoms with Gasteiger partial charge in [-0.3, -0.25) is 0 Å². The number of carboxylic acids is 4. The molecule has 0 aliphatic carbocycles. The Kier molecular flexibility index (Phi) is 27.0. The van der Waals surface area contributed by atoms with E-state index in [4.69, 9.17) is 9.47 Å². The van der Waals surface area contributed by atoms with Gasteiger partial charge in [0.05, 0.1) is 46.1 Å². The molecule has 2 heterocycles. The molecule has 2 saturated heterocycles. The SMILES string of the molecule is C1CCOC1.C1CCOC1.O=C([O-])c1c(F)c(F)cc(F)c1F.O=C([O-])c1c(F)c(F)cc(F)c1F.O=C([O-])c1c(F)c(F)cc(F)c1F.O=C([O-])c1c(F)c(F)cc(F)c1F.[Cr+2].[Cr+2]. The largest absolute Gasteiger partial charge is 2.00 e. The molecule has 64 heavy (non-hydrogen) atoms. The second kappa shape index (κ2) is 28.4. The topological polar surface area (TPSA) is 179 Å². The van der Waals surface area contributed by atoms with Gasteiger partial charge in [-0.1, -0.05) is 0 Å². The molecular formula is C36H20Cr2F16O10. The van der Waals surface area contributed by atoms with Crippen molar-refractivity contribution in [1.29, 1.82) is 0 Å². The molecule has 0 aromatic heterocycles. The van der Waals surface area contributed by atoms with Crippen LogP contribution in [-0.2, 0) is 44.2 Å². The molecule has 2 aliphatic rings. The van der Waals surface area contributed by atoms with E-state index in [1.54, 1.807) is 0 Å². The smallest absolute Gasteiger partial charge is 0.545 e. The Morgan fingerprint density at radius 3 is 0.516 bits per heavy atom. The van der Waals surface area contributed by atoms with E-state index >= 15 is 0 Å². The van der Waals surface area contributed by atoms with Gasteiger partial charge in [-0.05, 0) is 25.7 Å². The fraction of sp³-hybridized carbons (Fsp3) is 0.222. The van der Waals surface area contributed by atoms with Gasteiger partial charge in [-0.25, -0.2) is 70.2 Å². The molecule has 2 fully saturated rings. The van der Waals surface area contributed by atoms with E-state index in [1.807, 2.05) is 0 Å². The average Bonchev–Trinajstić information content (AvgIpc) is 3.97. The predicted octanol–water partition coefficient (Wildman–Crippen LogP) is 4.01. The number of benzene rings is 4. The van der Waals surface area contributed by atoms with Crippen LogP contribution in [0.4, 0.5) is 70.2 Å². The van der Waals surface area contributed by atoms with Crippen molar-refractivity contribution in [2.45, 2.75) is 25.7 Å². The molecule has 10 nitrogen and oxygen atoms in total. The van der Waals surface area contributed by atoms with E-state index in [0.29, 0.717) is 0 Å². The van der Waals surface area contributed by atoms with Gasteiger partial charge in [0.25, 0.3) is 0 Å². The average molecular weight is 1020 g/mol. The summed E-state index contributed by atoms with van der Waals surface area (Å²) in [6, 6.07) is -0.345. The van der Waals surface area contributed by atoms with Gasteiger partial charge in [0, 0.05) is 50.7 Å². The molecule has 0 amide bonds. The number of carbonyl (C=O) groups excluding carboxylic acids is 4. The van der Waals surface area contributed by atoms with Crippen molar-refractivity contribution in [1.82, 2.24) is 0 Å². The Labute approximate surface area is 368 Å². The zero-order valence-electron chi connectivity index (χ0n) is 30.9. The van der Waals surface area contributed by atoms with Crippen LogP contribution in [-0.4, -0.2) is 50.3 Å². The number of rotatable bonds is 4. The Hall–Kier alpha value is -5.38. The molecule has 0 atom stereocenters. The van der Waals surface area contributed by atoms with Crippen LogP contribution < -0.4 is 20.4 Å². The van der Waals surface area contributed by atoms with E-state index in [2.05, 4.69) is 0 Å². The fourth-order valence-corrected chi connectivity index (χ4v) is 4.03. The molecule has 0 N–H and O–H groups in total. The number of aromatic carboxylic acids is 4. The standard InChI is InChI=1S/4C7H2F4O2.2C4H8O.2Cr/c4*8-2-1-3(9)6(11)4(5(2)10)7(12)13;2*1-2-4-5-3-1;;/h4*1H,(H,12,13);2*1-4H2;;/q;;;;;;2*+2/p-4. The molecule has 0 saturated carbocycles. The van der Waals surface area contributed by atoms with E-state index in [0.717, 1.165) is 26.4 Å². The monoisotopic (exact) mass is 1020 g/mol. The maximum atomic E-state index is 12.5. The summed E-state index contributed by atoms with van der Waals surface area (Å²) < 4.78 is 208. The van der Waals surface area contributed by atoms with Crippen molar-refractivity contribution in [3.8, 4) is 0 Å². The van der Waals surface area contributed by atoms with Gasteiger partial charge in [-0.2, -0.15) is 0 Å². The van der Waals surface area contributed by atoms with Crippen LogP contribution in [0.2, 0.25) is 0 Å². The number of carbonyl (C=O) groups is 4. The Morgan fingerprint density at radius 1 is 0.312 bits per heavy atom. The second-order valence-electron chi connectivity index (χ2n) is 11.2. The third kappa shape index (κ3) is 17.3. The fourth-order valence-electron chi connectivity index (χ4n) is 4.03. The number of ether oxygens (including phenoxy) is 2. The van der Waals surface area contributed by atoms with Gasteiger partial charge in [0.15, 0.2) is 93.1 Å². The quantitative estimate of drug-likeness (QED) is 0.214. The first kappa shape index (κ1) is 60.7. The maximum Gasteiger partial charge on any atom is 2.00 e. The van der Waals surface area contributed by atoms with Crippen LogP contribution in [0.3, 0.4) is 0 Å².